The average Bonchev–Trinajstić information content (AvgIpc) is 3.41. The Kier molecular flexibility index (Phi) is 22.6. The normalized spacial score (nSPS) is 17.4. The van der Waals surface area contributed by atoms with Crippen LogP contribution in [0.4, 0.5) is 0 Å². The molecular formula is C66H68I6O12S. The van der Waals surface area contributed by atoms with Gasteiger partial charge in [-0.1, -0.05) is 33.6 Å². The number of hydrogen-bond donors (Lipinski definition) is 1. The van der Waals surface area contributed by atoms with E-state index in [1.807, 2.05) is 60.7 Å². The molecule has 1 heterocycles. The summed E-state index contributed by atoms with van der Waals surface area (Å²) in [5.74, 6) is 2.79. The van der Waals surface area contributed by atoms with E-state index in [0.29, 0.717) is 41.1 Å². The van der Waals surface area contributed by atoms with Crippen molar-refractivity contribution in [3.63, 3.8) is 0 Å². The van der Waals surface area contributed by atoms with Gasteiger partial charge in [-0.2, -0.15) is 10.9 Å². The molecule has 0 aromatic heterocycles. The number of halogens is 6. The van der Waals surface area contributed by atoms with Crippen LogP contribution in [0.25, 0.3) is 11.1 Å². The second kappa shape index (κ2) is 29.5. The van der Waals surface area contributed by atoms with Gasteiger partial charge < -0.3 is 42.6 Å². The number of fused-ring (bicyclic) bond motifs is 3. The first-order valence-corrected chi connectivity index (χ1v) is 36.7. The standard InChI is InChI=1S/C66H68I6O12S/c1-4-65(22-8-9-23-65)83-59(74)38-80-62-41(26-44(67)30-54(62)71)34-76-47-12-16-50(17-13-47)85-56-18-14-48(77-35-42-27-45(68)29-53(70)61(42)79-37-58(73)82-40-64(3)20-6-7-21-64)32-51(56)52-33-49(15-19-57(52)85)78-36-43-28-46(69)31-55(72)63(43)81-39-60(75)84-66(5-2)24-10-11-25-66/h12-19,26-33,85H,4-11,20-25,34-40H2,1-3H3. The number of esters is 3. The van der Waals surface area contributed by atoms with Crippen LogP contribution in [0.15, 0.2) is 112 Å². The highest BCUT2D eigenvalue weighted by molar-refractivity contribution is 14.1. The highest BCUT2D eigenvalue weighted by atomic mass is 127. The Bertz CT molecular complexity index is 3410. The SMILES string of the molecule is CCC1(OC(=O)COc2c(I)cc(I)cc2COc2ccc([SH]3c4ccc(OCc5cc(I)cc(I)c5OCC(=O)OCC5(C)CCCC5)cc4-c4cc(OCc5cc(I)cc(I)c5OCC(=O)OC5(CC)CCCC5)ccc43)cc2)CCCC1. The van der Waals surface area contributed by atoms with E-state index in [4.69, 9.17) is 42.6 Å². The Labute approximate surface area is 583 Å². The molecule has 0 saturated heterocycles. The second-order valence-electron chi connectivity index (χ2n) is 22.7. The van der Waals surface area contributed by atoms with Crippen molar-refractivity contribution in [2.75, 3.05) is 26.4 Å². The molecule has 1 unspecified atom stereocenters. The van der Waals surface area contributed by atoms with Crippen molar-refractivity contribution in [2.24, 2.45) is 5.41 Å². The Morgan fingerprint density at radius 1 is 0.447 bits per heavy atom. The molecule has 0 N–H and O–H groups in total. The fourth-order valence-corrected chi connectivity index (χ4v) is 20.9. The number of benzene rings is 6. The molecule has 3 saturated carbocycles. The molecule has 0 amide bonds. The molecule has 0 radical (unpaired) electrons. The van der Waals surface area contributed by atoms with Gasteiger partial charge in [0.05, 0.1) is 17.3 Å². The van der Waals surface area contributed by atoms with Crippen molar-refractivity contribution < 1.29 is 57.0 Å². The molecule has 1 aliphatic heterocycles. The summed E-state index contributed by atoms with van der Waals surface area (Å²) in [5.41, 5.74) is 3.80. The highest BCUT2D eigenvalue weighted by Crippen LogP contribution is 2.63. The molecule has 85 heavy (non-hydrogen) atoms. The van der Waals surface area contributed by atoms with Crippen LogP contribution in [0.3, 0.4) is 0 Å². The van der Waals surface area contributed by atoms with Crippen molar-refractivity contribution in [1.29, 1.82) is 0 Å². The van der Waals surface area contributed by atoms with Crippen molar-refractivity contribution in [2.45, 2.75) is 156 Å². The zero-order chi connectivity index (χ0) is 59.9. The Morgan fingerprint density at radius 2 is 0.812 bits per heavy atom. The predicted molar refractivity (Wildman–Crippen MR) is 380 cm³/mol. The minimum Gasteiger partial charge on any atom is -0.489 e. The zero-order valence-electron chi connectivity index (χ0n) is 47.7. The van der Waals surface area contributed by atoms with E-state index in [0.717, 1.165) is 144 Å². The van der Waals surface area contributed by atoms with Gasteiger partial charge in [0.1, 0.15) is 65.5 Å². The predicted octanol–water partition coefficient (Wildman–Crippen LogP) is 18.3. The molecule has 12 nitrogen and oxygen atoms in total. The largest absolute Gasteiger partial charge is 0.489 e. The average molecular weight is 1850 g/mol. The summed E-state index contributed by atoms with van der Waals surface area (Å²) in [6.45, 7) is 6.86. The van der Waals surface area contributed by atoms with Crippen LogP contribution in [0.1, 0.15) is 127 Å². The summed E-state index contributed by atoms with van der Waals surface area (Å²) in [7, 11) is -1.04. The third-order valence-corrected chi connectivity index (χ3v) is 23.4. The Morgan fingerprint density at radius 3 is 1.21 bits per heavy atom. The first-order valence-electron chi connectivity index (χ1n) is 28.9. The van der Waals surface area contributed by atoms with Crippen molar-refractivity contribution in [1.82, 2.24) is 0 Å². The molecule has 0 bridgehead atoms. The maximum atomic E-state index is 13.2. The lowest BCUT2D eigenvalue weighted by molar-refractivity contribution is -0.163. The zero-order valence-corrected chi connectivity index (χ0v) is 61.5. The molecule has 4 aliphatic rings. The fraction of sp³-hybridized carbons (Fsp3) is 0.409. The van der Waals surface area contributed by atoms with Gasteiger partial charge in [-0.3, -0.25) is 0 Å². The Hall–Kier alpha value is -2.74. The van der Waals surface area contributed by atoms with Gasteiger partial charge in [-0.05, 0) is 326 Å². The first kappa shape index (κ1) is 65.2. The molecule has 3 aliphatic carbocycles. The summed E-state index contributed by atoms with van der Waals surface area (Å²) in [6.07, 6.45) is 13.9. The van der Waals surface area contributed by atoms with Crippen LogP contribution in [-0.2, 0) is 48.4 Å². The second-order valence-corrected chi connectivity index (χ2v) is 32.0. The summed E-state index contributed by atoms with van der Waals surface area (Å²) < 4.78 is 62.0. The minimum atomic E-state index is -1.04. The summed E-state index contributed by atoms with van der Waals surface area (Å²) in [6, 6.07) is 33.1. The number of carbonyl (C=O) groups excluding carboxylic acids is 3. The molecule has 6 aromatic rings. The van der Waals surface area contributed by atoms with Crippen LogP contribution >= 0.6 is 146 Å². The van der Waals surface area contributed by atoms with Crippen LogP contribution in [0, 0.1) is 26.8 Å². The third-order valence-electron chi connectivity index (χ3n) is 16.6. The molecule has 19 heteroatoms. The van der Waals surface area contributed by atoms with E-state index in [9.17, 15) is 14.4 Å². The molecule has 10 rings (SSSR count). The van der Waals surface area contributed by atoms with Crippen LogP contribution in [0.2, 0.25) is 0 Å². The van der Waals surface area contributed by atoms with E-state index in [1.165, 1.54) is 9.79 Å². The number of hydrogen-bond acceptors (Lipinski definition) is 12. The maximum Gasteiger partial charge on any atom is 0.344 e. The summed E-state index contributed by atoms with van der Waals surface area (Å²) in [5, 5.41) is 0. The third kappa shape index (κ3) is 16.4. The Balaban J connectivity index is 0.881. The lowest BCUT2D eigenvalue weighted by Crippen LogP contribution is -2.33. The van der Waals surface area contributed by atoms with Crippen molar-refractivity contribution >= 4 is 164 Å². The monoisotopic (exact) mass is 1850 g/mol. The first-order chi connectivity index (χ1) is 40.9. The number of carbonyl (C=O) groups is 3. The van der Waals surface area contributed by atoms with E-state index >= 15 is 0 Å². The molecule has 6 aromatic carbocycles. The highest BCUT2D eigenvalue weighted by Gasteiger charge is 2.38. The van der Waals surface area contributed by atoms with Crippen molar-refractivity contribution in [3.8, 4) is 45.6 Å². The number of ether oxygens (including phenoxy) is 9. The van der Waals surface area contributed by atoms with E-state index < -0.39 is 16.5 Å². The number of thiol groups is 1. The van der Waals surface area contributed by atoms with Gasteiger partial charge in [0, 0.05) is 42.6 Å². The molecular weight excluding hydrogens is 1780 g/mol. The molecule has 1 atom stereocenters. The lowest BCUT2D eigenvalue weighted by Gasteiger charge is -2.27. The fourth-order valence-electron chi connectivity index (χ4n) is 12.0. The van der Waals surface area contributed by atoms with Crippen molar-refractivity contribution in [3.05, 3.63) is 135 Å². The lowest BCUT2D eigenvalue weighted by atomic mass is 9.90. The summed E-state index contributed by atoms with van der Waals surface area (Å²) in [4.78, 5) is 42.8. The maximum absolute atomic E-state index is 13.2. The number of rotatable bonds is 25. The van der Waals surface area contributed by atoms with Gasteiger partial charge in [0.15, 0.2) is 19.8 Å². The van der Waals surface area contributed by atoms with Crippen LogP contribution in [0.5, 0.6) is 34.5 Å². The molecule has 3 fully saturated rings. The van der Waals surface area contributed by atoms with Gasteiger partial charge in [-0.15, -0.1) is 0 Å². The van der Waals surface area contributed by atoms with Gasteiger partial charge >= 0.3 is 17.9 Å². The van der Waals surface area contributed by atoms with Gasteiger partial charge in [-0.25, -0.2) is 14.4 Å². The smallest absolute Gasteiger partial charge is 0.344 e. The summed E-state index contributed by atoms with van der Waals surface area (Å²) >= 11 is 13.7. The van der Waals surface area contributed by atoms with Gasteiger partial charge in [0.2, 0.25) is 0 Å². The van der Waals surface area contributed by atoms with E-state index in [2.05, 4.69) is 193 Å². The van der Waals surface area contributed by atoms with E-state index in [1.54, 1.807) is 0 Å². The minimum absolute atomic E-state index is 0.0284. The van der Waals surface area contributed by atoms with Crippen LogP contribution < -0.4 is 28.4 Å². The molecule has 0 spiro atoms. The quantitative estimate of drug-likeness (QED) is 0.0253. The topological polar surface area (TPSA) is 134 Å². The van der Waals surface area contributed by atoms with Gasteiger partial charge in [0.25, 0.3) is 0 Å². The van der Waals surface area contributed by atoms with Crippen LogP contribution in [-0.4, -0.2) is 55.5 Å². The molecule has 452 valence electrons. The van der Waals surface area contributed by atoms with E-state index in [-0.39, 0.29) is 68.6 Å².